The maximum Gasteiger partial charge on any atom is 0.328 e. The van der Waals surface area contributed by atoms with Gasteiger partial charge < -0.3 is 4.98 Å². The summed E-state index contributed by atoms with van der Waals surface area (Å²) in [7, 11) is 0. The lowest BCUT2D eigenvalue weighted by Crippen LogP contribution is -2.21. The molecule has 154 valence electrons. The number of hydrogen-bond donors (Lipinski definition) is 2. The Balaban J connectivity index is 1.58. The molecule has 0 fully saturated rings. The molecule has 0 bridgehead atoms. The number of aryl methyl sites for hydroxylation is 2. The molecule has 2 heterocycles. The first-order valence-corrected chi connectivity index (χ1v) is 10.3. The summed E-state index contributed by atoms with van der Waals surface area (Å²) in [6, 6.07) is 18.4. The number of imidazole rings is 1. The molecule has 1 atom stereocenters. The zero-order valence-electron chi connectivity index (χ0n) is 17.3. The lowest BCUT2D eigenvalue weighted by Gasteiger charge is -2.13. The molecular weight excluding hydrogens is 376 g/mol. The van der Waals surface area contributed by atoms with Gasteiger partial charge in [-0.1, -0.05) is 60.2 Å². The third-order valence-electron chi connectivity index (χ3n) is 5.49. The Morgan fingerprint density at radius 3 is 2.43 bits per heavy atom. The maximum atomic E-state index is 12.6. The second kappa shape index (κ2) is 8.53. The van der Waals surface area contributed by atoms with Gasteiger partial charge in [-0.25, -0.2) is 9.78 Å². The average Bonchev–Trinajstić information content (AvgIpc) is 3.07. The van der Waals surface area contributed by atoms with Crippen molar-refractivity contribution in [2.24, 2.45) is 0 Å². The monoisotopic (exact) mass is 402 g/mol. The van der Waals surface area contributed by atoms with Crippen molar-refractivity contribution in [1.82, 2.24) is 19.5 Å². The van der Waals surface area contributed by atoms with E-state index in [9.17, 15) is 9.59 Å². The zero-order valence-corrected chi connectivity index (χ0v) is 17.3. The van der Waals surface area contributed by atoms with E-state index < -0.39 is 0 Å². The largest absolute Gasteiger partial charge is 0.328 e. The highest BCUT2D eigenvalue weighted by molar-refractivity contribution is 5.69. The van der Waals surface area contributed by atoms with Crippen LogP contribution < -0.4 is 11.2 Å². The summed E-state index contributed by atoms with van der Waals surface area (Å²) in [4.78, 5) is 35.3. The van der Waals surface area contributed by atoms with E-state index in [0.717, 1.165) is 24.8 Å². The van der Waals surface area contributed by atoms with Gasteiger partial charge in [-0.2, -0.15) is 0 Å². The first-order chi connectivity index (χ1) is 14.5. The zero-order chi connectivity index (χ0) is 21.1. The highest BCUT2D eigenvalue weighted by Gasteiger charge is 2.17. The van der Waals surface area contributed by atoms with Crippen LogP contribution in [-0.2, 0) is 12.8 Å². The number of nitrogens with one attached hydrogen (secondary N) is 2. The molecule has 2 aromatic heterocycles. The molecule has 30 heavy (non-hydrogen) atoms. The molecule has 1 unspecified atom stereocenters. The lowest BCUT2D eigenvalue weighted by atomic mass is 10.1. The van der Waals surface area contributed by atoms with Crippen LogP contribution >= 0.6 is 0 Å². The van der Waals surface area contributed by atoms with Gasteiger partial charge in [0.25, 0.3) is 5.56 Å². The fourth-order valence-electron chi connectivity index (χ4n) is 3.82. The van der Waals surface area contributed by atoms with Gasteiger partial charge in [-0.15, -0.1) is 0 Å². The summed E-state index contributed by atoms with van der Waals surface area (Å²) in [5, 5.41) is 0. The Morgan fingerprint density at radius 2 is 1.70 bits per heavy atom. The molecule has 0 spiro atoms. The minimum absolute atomic E-state index is 0.0588. The highest BCUT2D eigenvalue weighted by Crippen LogP contribution is 2.18. The molecule has 0 aliphatic heterocycles. The van der Waals surface area contributed by atoms with Crippen LogP contribution in [0.3, 0.4) is 0 Å². The SMILES string of the molecule is Cc1ccc(Cc2nc3c([nH]c(=O)n3C(C)CCCc3ccccc3)c(=O)[nH]2)cc1. The van der Waals surface area contributed by atoms with E-state index in [0.29, 0.717) is 17.9 Å². The molecule has 0 saturated heterocycles. The van der Waals surface area contributed by atoms with E-state index in [4.69, 9.17) is 0 Å². The fraction of sp³-hybridized carbons (Fsp3) is 0.292. The number of rotatable bonds is 7. The summed E-state index contributed by atoms with van der Waals surface area (Å²) in [6.07, 6.45) is 3.23. The summed E-state index contributed by atoms with van der Waals surface area (Å²) in [5.41, 5.74) is 3.59. The molecule has 0 amide bonds. The van der Waals surface area contributed by atoms with Crippen LogP contribution in [0.15, 0.2) is 64.2 Å². The Morgan fingerprint density at radius 1 is 0.967 bits per heavy atom. The van der Waals surface area contributed by atoms with Crippen LogP contribution in [-0.4, -0.2) is 19.5 Å². The van der Waals surface area contributed by atoms with Crippen molar-refractivity contribution in [2.75, 3.05) is 0 Å². The molecule has 2 N–H and O–H groups in total. The topological polar surface area (TPSA) is 83.5 Å². The maximum absolute atomic E-state index is 12.6. The number of nitrogens with zero attached hydrogens (tertiary/aromatic N) is 2. The van der Waals surface area contributed by atoms with E-state index in [2.05, 4.69) is 27.1 Å². The van der Waals surface area contributed by atoms with Crippen molar-refractivity contribution in [3.05, 3.63) is 98.0 Å². The van der Waals surface area contributed by atoms with Crippen molar-refractivity contribution in [1.29, 1.82) is 0 Å². The fourth-order valence-corrected chi connectivity index (χ4v) is 3.82. The van der Waals surface area contributed by atoms with Gasteiger partial charge >= 0.3 is 5.69 Å². The van der Waals surface area contributed by atoms with Crippen molar-refractivity contribution in [3.8, 4) is 0 Å². The van der Waals surface area contributed by atoms with Crippen LogP contribution in [0.2, 0.25) is 0 Å². The van der Waals surface area contributed by atoms with Crippen LogP contribution in [0.5, 0.6) is 0 Å². The van der Waals surface area contributed by atoms with E-state index in [1.54, 1.807) is 4.57 Å². The average molecular weight is 402 g/mol. The summed E-state index contributed by atoms with van der Waals surface area (Å²) < 4.78 is 1.62. The Bertz CT molecular complexity index is 1250. The summed E-state index contributed by atoms with van der Waals surface area (Å²) in [6.45, 7) is 4.04. The van der Waals surface area contributed by atoms with Crippen molar-refractivity contribution in [3.63, 3.8) is 0 Å². The second-order valence-corrected chi connectivity index (χ2v) is 7.90. The summed E-state index contributed by atoms with van der Waals surface area (Å²) in [5.74, 6) is 0.556. The van der Waals surface area contributed by atoms with Gasteiger partial charge in [0.2, 0.25) is 0 Å². The van der Waals surface area contributed by atoms with E-state index >= 15 is 0 Å². The molecule has 0 radical (unpaired) electrons. The first kappa shape index (κ1) is 19.9. The number of H-pyrrole nitrogens is 2. The Hall–Kier alpha value is -3.41. The smallest absolute Gasteiger partial charge is 0.308 e. The van der Waals surface area contributed by atoms with Crippen LogP contribution in [0.1, 0.15) is 48.3 Å². The van der Waals surface area contributed by atoms with E-state index in [1.807, 2.05) is 56.3 Å². The number of benzene rings is 2. The Kier molecular flexibility index (Phi) is 5.65. The third kappa shape index (κ3) is 4.27. The molecule has 4 aromatic rings. The molecule has 2 aromatic carbocycles. The molecule has 0 saturated carbocycles. The van der Waals surface area contributed by atoms with Crippen molar-refractivity contribution < 1.29 is 0 Å². The van der Waals surface area contributed by atoms with Gasteiger partial charge in [0.1, 0.15) is 5.82 Å². The van der Waals surface area contributed by atoms with Gasteiger partial charge in [-0.3, -0.25) is 14.3 Å². The number of aromatic amines is 2. The van der Waals surface area contributed by atoms with E-state index in [1.165, 1.54) is 11.1 Å². The van der Waals surface area contributed by atoms with Crippen LogP contribution in [0.4, 0.5) is 0 Å². The minimum atomic E-state index is -0.311. The first-order valence-electron chi connectivity index (χ1n) is 10.3. The minimum Gasteiger partial charge on any atom is -0.308 e. The summed E-state index contributed by atoms with van der Waals surface area (Å²) >= 11 is 0. The molecule has 0 aliphatic rings. The lowest BCUT2D eigenvalue weighted by molar-refractivity contribution is 0.485. The van der Waals surface area contributed by atoms with Gasteiger partial charge in [0.15, 0.2) is 11.2 Å². The van der Waals surface area contributed by atoms with Gasteiger partial charge in [-0.05, 0) is 44.2 Å². The number of fused-ring (bicyclic) bond motifs is 1. The van der Waals surface area contributed by atoms with Crippen molar-refractivity contribution >= 4 is 11.2 Å². The molecular formula is C24H26N4O2. The number of hydrogen-bond acceptors (Lipinski definition) is 3. The molecule has 0 aliphatic carbocycles. The predicted molar refractivity (Wildman–Crippen MR) is 119 cm³/mol. The quantitative estimate of drug-likeness (QED) is 0.492. The standard InChI is InChI=1S/C24H26N4O2/c1-16-11-13-19(14-12-16)15-20-25-22-21(23(29)26-20)27-24(30)28(22)17(2)7-6-10-18-8-4-3-5-9-18/h3-5,8-9,11-14,17H,6-7,10,15H2,1-2H3,(H,27,30)(H,25,26,29). The van der Waals surface area contributed by atoms with Crippen LogP contribution in [0, 0.1) is 6.92 Å². The molecule has 6 heteroatoms. The Labute approximate surface area is 174 Å². The normalized spacial score (nSPS) is 12.3. The second-order valence-electron chi connectivity index (χ2n) is 7.90. The van der Waals surface area contributed by atoms with Crippen molar-refractivity contribution in [2.45, 2.75) is 45.6 Å². The van der Waals surface area contributed by atoms with E-state index in [-0.39, 0.29) is 22.8 Å². The predicted octanol–water partition coefficient (Wildman–Crippen LogP) is 3.90. The van der Waals surface area contributed by atoms with Crippen LogP contribution in [0.25, 0.3) is 11.2 Å². The molecule has 6 nitrogen and oxygen atoms in total. The van der Waals surface area contributed by atoms with Gasteiger partial charge in [0, 0.05) is 12.5 Å². The number of aromatic nitrogens is 4. The molecule has 4 rings (SSSR count). The third-order valence-corrected chi connectivity index (χ3v) is 5.49. The highest BCUT2D eigenvalue weighted by atomic mass is 16.2. The van der Waals surface area contributed by atoms with Gasteiger partial charge in [0.05, 0.1) is 0 Å².